The van der Waals surface area contributed by atoms with Crippen molar-refractivity contribution in [3.05, 3.63) is 11.6 Å². The number of carbonyl (C=O) groups excluding carboxylic acids is 2. The first-order valence-corrected chi connectivity index (χ1v) is 9.70. The Bertz CT molecular complexity index is 580. The van der Waals surface area contributed by atoms with Crippen LogP contribution in [0.15, 0.2) is 11.6 Å². The second kappa shape index (κ2) is 4.78. The van der Waals surface area contributed by atoms with Crippen LogP contribution >= 0.6 is 15.9 Å². The molecule has 6 atom stereocenters. The highest BCUT2D eigenvalue weighted by molar-refractivity contribution is 9.09. The van der Waals surface area contributed by atoms with Gasteiger partial charge in [-0.3, -0.25) is 9.59 Å². The summed E-state index contributed by atoms with van der Waals surface area (Å²) in [6.45, 7) is 4.61. The predicted octanol–water partition coefficient (Wildman–Crippen LogP) is 4.46. The first-order chi connectivity index (χ1) is 10.4. The minimum absolute atomic E-state index is 0.0259. The Labute approximate surface area is 141 Å². The second-order valence-electron chi connectivity index (χ2n) is 8.44. The zero-order valence-corrected chi connectivity index (χ0v) is 15.1. The van der Waals surface area contributed by atoms with Crippen molar-refractivity contribution in [2.75, 3.05) is 0 Å². The fourth-order valence-electron chi connectivity index (χ4n) is 6.36. The second-order valence-corrected chi connectivity index (χ2v) is 9.55. The van der Waals surface area contributed by atoms with Gasteiger partial charge in [0.15, 0.2) is 11.6 Å². The van der Waals surface area contributed by atoms with Crippen LogP contribution in [0.25, 0.3) is 0 Å². The zero-order valence-electron chi connectivity index (χ0n) is 13.5. The number of carbonyl (C=O) groups is 2. The van der Waals surface area contributed by atoms with Crippen LogP contribution in [0.1, 0.15) is 58.8 Å². The monoisotopic (exact) mass is 364 g/mol. The number of hydrogen-bond donors (Lipinski definition) is 0. The predicted molar refractivity (Wildman–Crippen MR) is 89.8 cm³/mol. The largest absolute Gasteiger partial charge is 0.298 e. The van der Waals surface area contributed by atoms with E-state index in [1.807, 2.05) is 6.08 Å². The molecule has 4 rings (SSSR count). The maximum atomic E-state index is 12.8. The average Bonchev–Trinajstić information content (AvgIpc) is 2.77. The maximum Gasteiger partial charge on any atom is 0.163 e. The Kier molecular flexibility index (Phi) is 3.28. The topological polar surface area (TPSA) is 34.1 Å². The van der Waals surface area contributed by atoms with Crippen LogP contribution in [-0.4, -0.2) is 16.4 Å². The van der Waals surface area contributed by atoms with Crippen molar-refractivity contribution in [2.24, 2.45) is 28.6 Å². The fourth-order valence-corrected chi connectivity index (χ4v) is 7.19. The molecule has 4 aliphatic rings. The van der Waals surface area contributed by atoms with Gasteiger partial charge in [-0.25, -0.2) is 0 Å². The molecule has 1 unspecified atom stereocenters. The first-order valence-electron chi connectivity index (χ1n) is 8.78. The van der Waals surface area contributed by atoms with Crippen LogP contribution in [0.5, 0.6) is 0 Å². The highest BCUT2D eigenvalue weighted by Crippen LogP contribution is 2.65. The lowest BCUT2D eigenvalue weighted by molar-refractivity contribution is -0.139. The average molecular weight is 365 g/mol. The van der Waals surface area contributed by atoms with Gasteiger partial charge in [0, 0.05) is 4.83 Å². The van der Waals surface area contributed by atoms with E-state index in [4.69, 9.17) is 0 Å². The standard InChI is InChI=1S/C19H25BrO2/c1-18-8-7-15-13(14(18)5-6-16(18)20)4-3-11-9-12(21)10-17(22)19(11,15)2/h9,13-16H,3-8,10H2,1-2H3/t13-,14-,15+,16?,18-,19-/m0/s1. The number of Topliss-reactive ketones (excluding diaryl/α,β-unsaturated/α-hetero) is 1. The molecule has 120 valence electrons. The lowest BCUT2D eigenvalue weighted by Gasteiger charge is -2.56. The molecule has 4 aliphatic carbocycles. The Hall–Kier alpha value is -0.440. The molecule has 0 aliphatic heterocycles. The summed E-state index contributed by atoms with van der Waals surface area (Å²) in [6.07, 6.45) is 9.01. The summed E-state index contributed by atoms with van der Waals surface area (Å²) in [4.78, 5) is 25.2. The summed E-state index contributed by atoms with van der Waals surface area (Å²) >= 11 is 3.93. The van der Waals surface area contributed by atoms with Gasteiger partial charge in [-0.05, 0) is 74.7 Å². The molecular weight excluding hydrogens is 340 g/mol. The molecule has 0 aromatic carbocycles. The number of hydrogen-bond acceptors (Lipinski definition) is 2. The normalized spacial score (nSPS) is 51.0. The van der Waals surface area contributed by atoms with Gasteiger partial charge in [0.05, 0.1) is 11.8 Å². The van der Waals surface area contributed by atoms with E-state index in [1.54, 1.807) is 0 Å². The summed E-state index contributed by atoms with van der Waals surface area (Å²) < 4.78 is 0. The Morgan fingerprint density at radius 1 is 1.09 bits per heavy atom. The molecule has 0 radical (unpaired) electrons. The Morgan fingerprint density at radius 3 is 2.64 bits per heavy atom. The third kappa shape index (κ3) is 1.78. The molecule has 2 nitrogen and oxygen atoms in total. The molecular formula is C19H25BrO2. The molecule has 0 heterocycles. The number of fused-ring (bicyclic) bond motifs is 5. The lowest BCUT2D eigenvalue weighted by Crippen LogP contribution is -2.53. The van der Waals surface area contributed by atoms with Crippen molar-refractivity contribution in [2.45, 2.75) is 63.6 Å². The SMILES string of the molecule is C[C@]12C(=O)CC(=O)C=C1CC[C@@H]1[C@H]2CC[C@]2(C)C(Br)CC[C@@H]12. The van der Waals surface area contributed by atoms with E-state index >= 15 is 0 Å². The summed E-state index contributed by atoms with van der Waals surface area (Å²) in [5.74, 6) is 2.10. The van der Waals surface area contributed by atoms with E-state index in [2.05, 4.69) is 29.8 Å². The van der Waals surface area contributed by atoms with E-state index in [0.717, 1.165) is 24.3 Å². The van der Waals surface area contributed by atoms with E-state index in [1.165, 1.54) is 25.7 Å². The van der Waals surface area contributed by atoms with Gasteiger partial charge in [-0.2, -0.15) is 0 Å². The summed E-state index contributed by atoms with van der Waals surface area (Å²) in [6, 6.07) is 0. The number of rotatable bonds is 0. The Morgan fingerprint density at radius 2 is 1.86 bits per heavy atom. The summed E-state index contributed by atoms with van der Waals surface area (Å²) in [5.41, 5.74) is 1.21. The molecule has 0 amide bonds. The first kappa shape index (κ1) is 15.1. The fraction of sp³-hybridized carbons (Fsp3) is 0.789. The van der Waals surface area contributed by atoms with Crippen LogP contribution < -0.4 is 0 Å². The van der Waals surface area contributed by atoms with Gasteiger partial charge in [0.25, 0.3) is 0 Å². The van der Waals surface area contributed by atoms with Crippen molar-refractivity contribution in [1.82, 2.24) is 0 Å². The third-order valence-corrected chi connectivity index (χ3v) is 9.23. The molecule has 3 saturated carbocycles. The molecule has 22 heavy (non-hydrogen) atoms. The lowest BCUT2D eigenvalue weighted by atomic mass is 9.47. The minimum atomic E-state index is -0.345. The van der Waals surface area contributed by atoms with Crippen LogP contribution in [0, 0.1) is 28.6 Å². The smallest absolute Gasteiger partial charge is 0.163 e. The van der Waals surface area contributed by atoms with Crippen molar-refractivity contribution in [1.29, 1.82) is 0 Å². The number of alkyl halides is 1. The van der Waals surface area contributed by atoms with Gasteiger partial charge in [-0.1, -0.05) is 28.4 Å². The molecule has 3 heteroatoms. The van der Waals surface area contributed by atoms with E-state index in [-0.39, 0.29) is 23.4 Å². The molecule has 0 aromatic heterocycles. The molecule has 0 bridgehead atoms. The number of ketones is 2. The maximum absolute atomic E-state index is 12.8. The summed E-state index contributed by atoms with van der Waals surface area (Å²) in [5, 5.41) is 0. The highest BCUT2D eigenvalue weighted by Gasteiger charge is 2.60. The number of halogens is 1. The zero-order chi connectivity index (χ0) is 15.7. The van der Waals surface area contributed by atoms with Crippen LogP contribution in [-0.2, 0) is 9.59 Å². The van der Waals surface area contributed by atoms with E-state index in [0.29, 0.717) is 22.1 Å². The van der Waals surface area contributed by atoms with Gasteiger partial charge in [-0.15, -0.1) is 0 Å². The van der Waals surface area contributed by atoms with Crippen LogP contribution in [0.4, 0.5) is 0 Å². The van der Waals surface area contributed by atoms with Crippen LogP contribution in [0.2, 0.25) is 0 Å². The quantitative estimate of drug-likeness (QED) is 0.469. The van der Waals surface area contributed by atoms with Crippen molar-refractivity contribution in [3.63, 3.8) is 0 Å². The highest BCUT2D eigenvalue weighted by atomic mass is 79.9. The van der Waals surface area contributed by atoms with Gasteiger partial charge in [0.1, 0.15) is 0 Å². The molecule has 0 saturated heterocycles. The van der Waals surface area contributed by atoms with Gasteiger partial charge < -0.3 is 0 Å². The van der Waals surface area contributed by atoms with Crippen molar-refractivity contribution < 1.29 is 9.59 Å². The Balaban J connectivity index is 1.74. The van der Waals surface area contributed by atoms with E-state index in [9.17, 15) is 9.59 Å². The number of allylic oxidation sites excluding steroid dienone is 1. The van der Waals surface area contributed by atoms with Gasteiger partial charge >= 0.3 is 0 Å². The van der Waals surface area contributed by atoms with Crippen LogP contribution in [0.3, 0.4) is 0 Å². The van der Waals surface area contributed by atoms with Crippen molar-refractivity contribution in [3.8, 4) is 0 Å². The molecule has 0 aromatic rings. The molecule has 0 N–H and O–H groups in total. The summed E-state index contributed by atoms with van der Waals surface area (Å²) in [7, 11) is 0. The third-order valence-electron chi connectivity index (χ3n) is 7.73. The van der Waals surface area contributed by atoms with Gasteiger partial charge in [0.2, 0.25) is 0 Å². The van der Waals surface area contributed by atoms with Crippen molar-refractivity contribution >= 4 is 27.5 Å². The molecule has 3 fully saturated rings. The molecule has 0 spiro atoms. The van der Waals surface area contributed by atoms with E-state index < -0.39 is 0 Å². The minimum Gasteiger partial charge on any atom is -0.298 e.